The first-order valence-corrected chi connectivity index (χ1v) is 16.2. The van der Waals surface area contributed by atoms with Crippen molar-refractivity contribution in [2.75, 3.05) is 17.1 Å². The normalized spacial score (nSPS) is 14.5. The van der Waals surface area contributed by atoms with E-state index in [-0.39, 0.29) is 18.5 Å². The zero-order valence-corrected chi connectivity index (χ0v) is 25.3. The van der Waals surface area contributed by atoms with Crippen LogP contribution in [0.2, 0.25) is 0 Å². The van der Waals surface area contributed by atoms with E-state index >= 15 is 0 Å². The molecule has 0 aromatic heterocycles. The minimum Gasteiger partial charge on any atom is -0.352 e. The predicted octanol–water partition coefficient (Wildman–Crippen LogP) is 5.22. The summed E-state index contributed by atoms with van der Waals surface area (Å²) < 4.78 is 27.6. The first-order chi connectivity index (χ1) is 19.1. The Balaban J connectivity index is 1.72. The van der Waals surface area contributed by atoms with Crippen LogP contribution in [0.1, 0.15) is 42.4 Å². The highest BCUT2D eigenvalue weighted by atomic mass is 79.9. The molecule has 0 heterocycles. The Morgan fingerprint density at radius 1 is 0.950 bits per heavy atom. The summed E-state index contributed by atoms with van der Waals surface area (Å²) in [5.74, 6) is -0.668. The summed E-state index contributed by atoms with van der Waals surface area (Å²) in [6, 6.07) is 23.5. The van der Waals surface area contributed by atoms with Gasteiger partial charge in [0, 0.05) is 23.5 Å². The third kappa shape index (κ3) is 8.17. The second kappa shape index (κ2) is 13.5. The van der Waals surface area contributed by atoms with Gasteiger partial charge in [-0.2, -0.15) is 0 Å². The molecule has 1 atom stereocenters. The van der Waals surface area contributed by atoms with Gasteiger partial charge in [0.2, 0.25) is 21.8 Å². The molecule has 40 heavy (non-hydrogen) atoms. The smallest absolute Gasteiger partial charge is 0.244 e. The Labute approximate surface area is 245 Å². The molecule has 1 aliphatic carbocycles. The van der Waals surface area contributed by atoms with Crippen molar-refractivity contribution in [2.45, 2.75) is 57.7 Å². The molecule has 3 aromatic rings. The van der Waals surface area contributed by atoms with Crippen LogP contribution in [0.3, 0.4) is 0 Å². The number of benzene rings is 3. The summed E-state index contributed by atoms with van der Waals surface area (Å²) in [7, 11) is -3.80. The molecule has 9 heteroatoms. The van der Waals surface area contributed by atoms with E-state index < -0.39 is 28.5 Å². The van der Waals surface area contributed by atoms with Gasteiger partial charge < -0.3 is 10.2 Å². The van der Waals surface area contributed by atoms with Crippen LogP contribution in [0.4, 0.5) is 5.69 Å². The van der Waals surface area contributed by atoms with E-state index in [0.29, 0.717) is 16.6 Å². The minimum atomic E-state index is -3.80. The molecule has 1 aliphatic rings. The zero-order valence-electron chi connectivity index (χ0n) is 22.9. The van der Waals surface area contributed by atoms with Gasteiger partial charge in [-0.05, 0) is 49.1 Å². The first kappa shape index (κ1) is 29.8. The topological polar surface area (TPSA) is 86.8 Å². The van der Waals surface area contributed by atoms with Crippen molar-refractivity contribution in [3.05, 3.63) is 100 Å². The van der Waals surface area contributed by atoms with Crippen LogP contribution in [-0.4, -0.2) is 50.0 Å². The lowest BCUT2D eigenvalue weighted by molar-refractivity contribution is -0.140. The van der Waals surface area contributed by atoms with Crippen LogP contribution in [0.5, 0.6) is 0 Å². The molecule has 0 spiro atoms. The maximum Gasteiger partial charge on any atom is 0.244 e. The summed E-state index contributed by atoms with van der Waals surface area (Å²) in [6.07, 6.45) is 5.36. The predicted molar refractivity (Wildman–Crippen MR) is 162 cm³/mol. The molecule has 2 amide bonds. The largest absolute Gasteiger partial charge is 0.352 e. The lowest BCUT2D eigenvalue weighted by Gasteiger charge is -2.34. The van der Waals surface area contributed by atoms with Crippen molar-refractivity contribution in [1.82, 2.24) is 10.2 Å². The lowest BCUT2D eigenvalue weighted by Crippen LogP contribution is -2.54. The molecule has 1 fully saturated rings. The summed E-state index contributed by atoms with van der Waals surface area (Å²) >= 11 is 3.39. The van der Waals surface area contributed by atoms with Crippen LogP contribution < -0.4 is 9.62 Å². The number of anilines is 1. The number of rotatable bonds is 11. The van der Waals surface area contributed by atoms with Crippen molar-refractivity contribution in [1.29, 1.82) is 0 Å². The summed E-state index contributed by atoms with van der Waals surface area (Å²) in [5, 5.41) is 3.18. The van der Waals surface area contributed by atoms with E-state index in [1.165, 1.54) is 4.90 Å². The molecular weight excluding hydrogens is 590 g/mol. The average Bonchev–Trinajstić information content (AvgIpc) is 3.43. The Kier molecular flexibility index (Phi) is 10.0. The zero-order chi connectivity index (χ0) is 28.7. The number of amides is 2. The summed E-state index contributed by atoms with van der Waals surface area (Å²) in [4.78, 5) is 29.5. The van der Waals surface area contributed by atoms with Gasteiger partial charge in [-0.1, -0.05) is 95.0 Å². The summed E-state index contributed by atoms with van der Waals surface area (Å²) in [6.45, 7) is 1.73. The third-order valence-electron chi connectivity index (χ3n) is 7.22. The number of hydrogen-bond acceptors (Lipinski definition) is 4. The molecule has 7 nitrogen and oxygen atoms in total. The fourth-order valence-corrected chi connectivity index (χ4v) is 6.29. The SMILES string of the molecule is Cc1ccc(CN(C(=O)CN(c2cccc(Br)c2)S(C)(=O)=O)C(Cc2ccccc2)C(=O)NC2CCCC2)cc1. The number of nitrogens with one attached hydrogen (secondary N) is 1. The number of hydrogen-bond donors (Lipinski definition) is 1. The number of sulfonamides is 1. The molecule has 4 rings (SSSR count). The number of carbonyl (C=O) groups excluding carboxylic acids is 2. The molecule has 1 N–H and O–H groups in total. The molecule has 1 unspecified atom stereocenters. The second-order valence-electron chi connectivity index (χ2n) is 10.5. The molecular formula is C31H36BrN3O4S. The van der Waals surface area contributed by atoms with Gasteiger partial charge in [-0.3, -0.25) is 13.9 Å². The molecule has 1 saturated carbocycles. The molecule has 0 bridgehead atoms. The van der Waals surface area contributed by atoms with Crippen LogP contribution in [0.25, 0.3) is 0 Å². The quantitative estimate of drug-likeness (QED) is 0.316. The third-order valence-corrected chi connectivity index (χ3v) is 8.86. The van der Waals surface area contributed by atoms with Gasteiger partial charge >= 0.3 is 0 Å². The van der Waals surface area contributed by atoms with E-state index in [1.54, 1.807) is 24.3 Å². The van der Waals surface area contributed by atoms with E-state index in [9.17, 15) is 18.0 Å². The molecule has 0 saturated heterocycles. The van der Waals surface area contributed by atoms with Crippen molar-refractivity contribution in [3.63, 3.8) is 0 Å². The fraction of sp³-hybridized carbons (Fsp3) is 0.355. The standard InChI is InChI=1S/C31H36BrN3O4S/c1-23-15-17-25(18-16-23)21-34(30(36)22-35(40(2,38)39)28-14-8-11-26(32)20-28)29(19-24-9-4-3-5-10-24)31(37)33-27-12-6-7-13-27/h3-5,8-11,14-18,20,27,29H,6-7,12-13,19,21-22H2,1-2H3,(H,33,37). The summed E-state index contributed by atoms with van der Waals surface area (Å²) in [5.41, 5.74) is 3.23. The maximum absolute atomic E-state index is 14.1. The molecule has 0 aliphatic heterocycles. The van der Waals surface area contributed by atoms with Crippen molar-refractivity contribution in [3.8, 4) is 0 Å². The Morgan fingerprint density at radius 3 is 2.25 bits per heavy atom. The maximum atomic E-state index is 14.1. The Morgan fingerprint density at radius 2 is 1.62 bits per heavy atom. The number of halogens is 1. The van der Waals surface area contributed by atoms with Crippen LogP contribution in [0.15, 0.2) is 83.3 Å². The van der Waals surface area contributed by atoms with Gasteiger partial charge in [0.25, 0.3) is 0 Å². The van der Waals surface area contributed by atoms with E-state index in [4.69, 9.17) is 0 Å². The van der Waals surface area contributed by atoms with Gasteiger partial charge in [-0.25, -0.2) is 8.42 Å². The molecule has 0 radical (unpaired) electrons. The van der Waals surface area contributed by atoms with Crippen LogP contribution in [0, 0.1) is 6.92 Å². The highest BCUT2D eigenvalue weighted by Gasteiger charge is 2.34. The van der Waals surface area contributed by atoms with Crippen LogP contribution >= 0.6 is 15.9 Å². The van der Waals surface area contributed by atoms with Crippen LogP contribution in [-0.2, 0) is 32.6 Å². The fourth-order valence-electron chi connectivity index (χ4n) is 5.06. The van der Waals surface area contributed by atoms with Gasteiger partial charge in [0.15, 0.2) is 0 Å². The van der Waals surface area contributed by atoms with E-state index in [1.807, 2.05) is 61.5 Å². The lowest BCUT2D eigenvalue weighted by atomic mass is 10.0. The first-order valence-electron chi connectivity index (χ1n) is 13.5. The Bertz CT molecular complexity index is 1410. The van der Waals surface area contributed by atoms with E-state index in [0.717, 1.165) is 52.9 Å². The number of aryl methyl sites for hydroxylation is 1. The van der Waals surface area contributed by atoms with Crippen molar-refractivity contribution in [2.24, 2.45) is 0 Å². The monoisotopic (exact) mass is 625 g/mol. The van der Waals surface area contributed by atoms with Gasteiger partial charge in [-0.15, -0.1) is 0 Å². The van der Waals surface area contributed by atoms with Crippen molar-refractivity contribution < 1.29 is 18.0 Å². The minimum absolute atomic E-state index is 0.0799. The van der Waals surface area contributed by atoms with Crippen molar-refractivity contribution >= 4 is 43.5 Å². The Hall–Kier alpha value is -3.17. The molecule has 212 valence electrons. The average molecular weight is 627 g/mol. The molecule has 3 aromatic carbocycles. The second-order valence-corrected chi connectivity index (χ2v) is 13.3. The highest BCUT2D eigenvalue weighted by Crippen LogP contribution is 2.24. The van der Waals surface area contributed by atoms with E-state index in [2.05, 4.69) is 21.2 Å². The van der Waals surface area contributed by atoms with Gasteiger partial charge in [0.1, 0.15) is 12.6 Å². The number of carbonyl (C=O) groups is 2. The number of nitrogens with zero attached hydrogens (tertiary/aromatic N) is 2. The van der Waals surface area contributed by atoms with Gasteiger partial charge in [0.05, 0.1) is 11.9 Å². The highest BCUT2D eigenvalue weighted by molar-refractivity contribution is 9.10.